The minimum absolute atomic E-state index is 0.0847. The number of ether oxygens (including phenoxy) is 2. The summed E-state index contributed by atoms with van der Waals surface area (Å²) >= 11 is 5.19. The van der Waals surface area contributed by atoms with E-state index in [2.05, 4.69) is 15.8 Å². The fraction of sp³-hybridized carbons (Fsp3) is 0.222. The molecule has 2 rings (SSSR count). The number of nitrogens with one attached hydrogen (secondary N) is 2. The van der Waals surface area contributed by atoms with Gasteiger partial charge < -0.3 is 14.8 Å². The highest BCUT2D eigenvalue weighted by Gasteiger charge is 2.06. The fourth-order valence-electron chi connectivity index (χ4n) is 1.96. The molecule has 0 atom stereocenters. The van der Waals surface area contributed by atoms with E-state index in [1.54, 1.807) is 13.3 Å². The van der Waals surface area contributed by atoms with Gasteiger partial charge in [-0.15, -0.1) is 0 Å². The monoisotopic (exact) mass is 343 g/mol. The third-order valence-electron chi connectivity index (χ3n) is 2.96. The summed E-state index contributed by atoms with van der Waals surface area (Å²) in [5.74, 6) is 1.37. The number of anilines is 1. The lowest BCUT2D eigenvalue weighted by Crippen LogP contribution is -2.23. The van der Waals surface area contributed by atoms with Gasteiger partial charge in [-0.2, -0.15) is 5.10 Å². The predicted octanol–water partition coefficient (Wildman–Crippen LogP) is 3.80. The van der Waals surface area contributed by atoms with Gasteiger partial charge in [0, 0.05) is 5.69 Å². The van der Waals surface area contributed by atoms with Crippen LogP contribution in [0.4, 0.5) is 5.69 Å². The molecule has 0 heterocycles. The summed E-state index contributed by atoms with van der Waals surface area (Å²) in [4.78, 5) is 0. The average Bonchev–Trinajstić information content (AvgIpc) is 2.56. The van der Waals surface area contributed by atoms with Crippen molar-refractivity contribution in [2.24, 2.45) is 5.10 Å². The first-order valence-corrected chi connectivity index (χ1v) is 7.99. The molecule has 0 unspecified atom stereocenters. The normalized spacial score (nSPS) is 10.7. The van der Waals surface area contributed by atoms with Crippen LogP contribution in [-0.2, 0) is 0 Å². The van der Waals surface area contributed by atoms with Gasteiger partial charge in [-0.05, 0) is 62.0 Å². The third kappa shape index (κ3) is 5.55. The summed E-state index contributed by atoms with van der Waals surface area (Å²) in [7, 11) is 1.61. The van der Waals surface area contributed by atoms with Crippen LogP contribution in [0.25, 0.3) is 0 Å². The molecule has 0 aliphatic heterocycles. The van der Waals surface area contributed by atoms with Gasteiger partial charge in [0.1, 0.15) is 0 Å². The van der Waals surface area contributed by atoms with Gasteiger partial charge in [0.15, 0.2) is 16.6 Å². The average molecular weight is 343 g/mol. The fourth-order valence-corrected chi connectivity index (χ4v) is 2.13. The van der Waals surface area contributed by atoms with Crippen LogP contribution in [0.5, 0.6) is 11.5 Å². The maximum absolute atomic E-state index is 5.68. The molecule has 0 amide bonds. The number of hydrogen-bond donors (Lipinski definition) is 2. The molecule has 0 aromatic heterocycles. The highest BCUT2D eigenvalue weighted by atomic mass is 32.1. The van der Waals surface area contributed by atoms with Crippen molar-refractivity contribution in [2.45, 2.75) is 20.0 Å². The van der Waals surface area contributed by atoms with Gasteiger partial charge in [-0.1, -0.05) is 18.2 Å². The van der Waals surface area contributed by atoms with Gasteiger partial charge in [0.25, 0.3) is 0 Å². The second-order valence-electron chi connectivity index (χ2n) is 5.27. The lowest BCUT2D eigenvalue weighted by atomic mass is 10.2. The van der Waals surface area contributed by atoms with E-state index >= 15 is 0 Å². The van der Waals surface area contributed by atoms with E-state index in [1.807, 2.05) is 62.4 Å². The van der Waals surface area contributed by atoms with E-state index in [0.29, 0.717) is 16.6 Å². The lowest BCUT2D eigenvalue weighted by molar-refractivity contribution is 0.230. The molecule has 0 bridgehead atoms. The molecule has 24 heavy (non-hydrogen) atoms. The minimum Gasteiger partial charge on any atom is -0.493 e. The Morgan fingerprint density at radius 3 is 2.54 bits per heavy atom. The van der Waals surface area contributed by atoms with Crippen molar-refractivity contribution >= 4 is 29.2 Å². The second kappa shape index (κ2) is 8.88. The van der Waals surface area contributed by atoms with Crippen LogP contribution in [0, 0.1) is 0 Å². The number of hydrazone groups is 1. The molecular formula is C18H21N3O2S. The quantitative estimate of drug-likeness (QED) is 0.475. The minimum atomic E-state index is 0.0847. The maximum Gasteiger partial charge on any atom is 0.191 e. The predicted molar refractivity (Wildman–Crippen MR) is 102 cm³/mol. The summed E-state index contributed by atoms with van der Waals surface area (Å²) in [5, 5.41) is 7.59. The summed E-state index contributed by atoms with van der Waals surface area (Å²) < 4.78 is 11.0. The molecule has 2 N–H and O–H groups in total. The van der Waals surface area contributed by atoms with E-state index in [1.165, 1.54) is 0 Å². The molecular weight excluding hydrogens is 322 g/mol. The summed E-state index contributed by atoms with van der Waals surface area (Å²) in [6, 6.07) is 15.3. The number of methoxy groups -OCH3 is 1. The van der Waals surface area contributed by atoms with Crippen molar-refractivity contribution in [3.05, 3.63) is 54.1 Å². The van der Waals surface area contributed by atoms with Crippen LogP contribution < -0.4 is 20.2 Å². The molecule has 2 aromatic rings. The highest BCUT2D eigenvalue weighted by Crippen LogP contribution is 2.28. The molecule has 0 saturated carbocycles. The molecule has 0 radical (unpaired) electrons. The first kappa shape index (κ1) is 17.7. The Bertz CT molecular complexity index is 703. The van der Waals surface area contributed by atoms with Crippen molar-refractivity contribution in [3.8, 4) is 11.5 Å². The van der Waals surface area contributed by atoms with Crippen molar-refractivity contribution in [1.82, 2.24) is 5.43 Å². The molecule has 2 aromatic carbocycles. The maximum atomic E-state index is 5.68. The first-order valence-electron chi connectivity index (χ1n) is 7.58. The van der Waals surface area contributed by atoms with Gasteiger partial charge >= 0.3 is 0 Å². The van der Waals surface area contributed by atoms with Gasteiger partial charge in [-0.3, -0.25) is 5.43 Å². The molecule has 0 aliphatic carbocycles. The standard InChI is InChI=1S/C18H21N3O2S/c1-13(2)23-16-10-9-14(11-17(16)22-3)12-19-21-18(24)20-15-7-5-4-6-8-15/h4-13H,1-3H3,(H2,20,21,24)/b19-12-. The zero-order chi connectivity index (χ0) is 17.4. The van der Waals surface area contributed by atoms with Crippen molar-refractivity contribution in [1.29, 1.82) is 0 Å². The third-order valence-corrected chi connectivity index (χ3v) is 3.16. The molecule has 0 spiro atoms. The second-order valence-corrected chi connectivity index (χ2v) is 5.68. The lowest BCUT2D eigenvalue weighted by Gasteiger charge is -2.13. The SMILES string of the molecule is COc1cc(/C=N\NC(=S)Nc2ccccc2)ccc1OC(C)C. The van der Waals surface area contributed by atoms with E-state index in [9.17, 15) is 0 Å². The Morgan fingerprint density at radius 1 is 1.12 bits per heavy atom. The molecule has 0 saturated heterocycles. The summed E-state index contributed by atoms with van der Waals surface area (Å²) in [6.45, 7) is 3.94. The van der Waals surface area contributed by atoms with E-state index in [-0.39, 0.29) is 6.10 Å². The van der Waals surface area contributed by atoms with E-state index in [4.69, 9.17) is 21.7 Å². The number of para-hydroxylation sites is 1. The van der Waals surface area contributed by atoms with E-state index < -0.39 is 0 Å². The Labute approximate surface area is 147 Å². The van der Waals surface area contributed by atoms with Crippen LogP contribution in [0.15, 0.2) is 53.6 Å². The van der Waals surface area contributed by atoms with Gasteiger partial charge in [-0.25, -0.2) is 0 Å². The number of rotatable bonds is 6. The molecule has 126 valence electrons. The van der Waals surface area contributed by atoms with Crippen LogP contribution in [0.1, 0.15) is 19.4 Å². The van der Waals surface area contributed by atoms with Crippen LogP contribution >= 0.6 is 12.2 Å². The Morgan fingerprint density at radius 2 is 1.88 bits per heavy atom. The van der Waals surface area contributed by atoms with Gasteiger partial charge in [0.2, 0.25) is 0 Å². The summed E-state index contributed by atoms with van der Waals surface area (Å²) in [6.07, 6.45) is 1.75. The summed E-state index contributed by atoms with van der Waals surface area (Å²) in [5.41, 5.74) is 4.56. The topological polar surface area (TPSA) is 54.9 Å². The zero-order valence-corrected chi connectivity index (χ0v) is 14.8. The van der Waals surface area contributed by atoms with Crippen LogP contribution in [-0.4, -0.2) is 24.5 Å². The number of nitrogens with zero attached hydrogens (tertiary/aromatic N) is 1. The first-order chi connectivity index (χ1) is 11.6. The van der Waals surface area contributed by atoms with Crippen molar-refractivity contribution in [3.63, 3.8) is 0 Å². The smallest absolute Gasteiger partial charge is 0.191 e. The Balaban J connectivity index is 1.95. The molecule has 5 nitrogen and oxygen atoms in total. The Kier molecular flexibility index (Phi) is 6.57. The number of hydrogen-bond acceptors (Lipinski definition) is 4. The largest absolute Gasteiger partial charge is 0.493 e. The van der Waals surface area contributed by atoms with Crippen LogP contribution in [0.3, 0.4) is 0 Å². The Hall–Kier alpha value is -2.60. The number of thiocarbonyl (C=S) groups is 1. The van der Waals surface area contributed by atoms with Crippen molar-refractivity contribution < 1.29 is 9.47 Å². The van der Waals surface area contributed by atoms with Crippen LogP contribution in [0.2, 0.25) is 0 Å². The van der Waals surface area contributed by atoms with E-state index in [0.717, 1.165) is 11.3 Å². The van der Waals surface area contributed by atoms with Crippen molar-refractivity contribution in [2.75, 3.05) is 12.4 Å². The molecule has 0 aliphatic rings. The van der Waals surface area contributed by atoms with Gasteiger partial charge in [0.05, 0.1) is 19.4 Å². The molecule has 0 fully saturated rings. The zero-order valence-electron chi connectivity index (χ0n) is 13.9. The highest BCUT2D eigenvalue weighted by molar-refractivity contribution is 7.80. The molecule has 6 heteroatoms. The number of benzene rings is 2.